The van der Waals surface area contributed by atoms with Crippen molar-refractivity contribution in [2.24, 2.45) is 11.7 Å². The first kappa shape index (κ1) is 28.2. The van der Waals surface area contributed by atoms with Gasteiger partial charge in [0.15, 0.2) is 5.82 Å². The molecule has 1 aliphatic heterocycles. The summed E-state index contributed by atoms with van der Waals surface area (Å²) in [5.74, 6) is -0.0716. The van der Waals surface area contributed by atoms with Crippen molar-refractivity contribution in [2.75, 3.05) is 19.7 Å². The normalized spacial score (nSPS) is 14.1. The summed E-state index contributed by atoms with van der Waals surface area (Å²) < 4.78 is 5.87. The van der Waals surface area contributed by atoms with Gasteiger partial charge in [0, 0.05) is 36.6 Å². The molecule has 1 fully saturated rings. The molecule has 0 aliphatic carbocycles. The number of hydrogen-bond donors (Lipinski definition) is 2. The number of unbranched alkanes of at least 4 members (excludes halogenated alkanes) is 4. The van der Waals surface area contributed by atoms with Crippen LogP contribution in [0.3, 0.4) is 0 Å². The monoisotopic (exact) mass is 530 g/mol. The number of rotatable bonds is 13. The average molecular weight is 531 g/mol. The van der Waals surface area contributed by atoms with Crippen molar-refractivity contribution in [3.63, 3.8) is 0 Å². The summed E-state index contributed by atoms with van der Waals surface area (Å²) in [4.78, 5) is 34.2. The number of carboxylic acids is 1. The Labute approximate surface area is 230 Å². The van der Waals surface area contributed by atoms with Crippen LogP contribution in [-0.2, 0) is 16.0 Å². The molecule has 0 spiro atoms. The largest absolute Gasteiger partial charge is 0.494 e. The first-order chi connectivity index (χ1) is 18.9. The maximum atomic E-state index is 12.5. The highest BCUT2D eigenvalue weighted by Crippen LogP contribution is 2.26. The number of likely N-dealkylation sites (tertiary alicyclic amines) is 1. The summed E-state index contributed by atoms with van der Waals surface area (Å²) in [6.07, 6.45) is 10.1. The molecule has 206 valence electrons. The molecule has 2 heterocycles. The van der Waals surface area contributed by atoms with E-state index in [1.807, 2.05) is 61.8 Å². The number of nitrogens with two attached hydrogens (primary N) is 1. The van der Waals surface area contributed by atoms with Crippen LogP contribution in [0.5, 0.6) is 5.75 Å². The highest BCUT2D eigenvalue weighted by Gasteiger charge is 2.37. The Bertz CT molecular complexity index is 1250. The second kappa shape index (κ2) is 13.3. The lowest BCUT2D eigenvalue weighted by Crippen LogP contribution is -2.57. The minimum atomic E-state index is -0.875. The molecule has 1 aromatic heterocycles. The maximum absolute atomic E-state index is 12.5. The second-order valence-electron chi connectivity index (χ2n) is 10.3. The van der Waals surface area contributed by atoms with Gasteiger partial charge < -0.3 is 20.5 Å². The Balaban J connectivity index is 1.31. The summed E-state index contributed by atoms with van der Waals surface area (Å²) in [6, 6.07) is 13.2. The summed E-state index contributed by atoms with van der Waals surface area (Å²) in [7, 11) is 0. The predicted octanol–water partition coefficient (Wildman–Crippen LogP) is 4.88. The van der Waals surface area contributed by atoms with E-state index < -0.39 is 17.9 Å². The van der Waals surface area contributed by atoms with Crippen LogP contribution in [0.15, 0.2) is 54.9 Å². The summed E-state index contributed by atoms with van der Waals surface area (Å²) >= 11 is 0. The van der Waals surface area contributed by atoms with Crippen LogP contribution in [0.25, 0.3) is 22.5 Å². The Hall–Kier alpha value is -3.78. The van der Waals surface area contributed by atoms with E-state index in [1.165, 1.54) is 30.6 Å². The minimum absolute atomic E-state index is 0.213. The van der Waals surface area contributed by atoms with E-state index in [0.717, 1.165) is 46.6 Å². The van der Waals surface area contributed by atoms with E-state index in [2.05, 4.69) is 16.9 Å². The Morgan fingerprint density at radius 3 is 2.36 bits per heavy atom. The van der Waals surface area contributed by atoms with Crippen LogP contribution >= 0.6 is 0 Å². The standard InChI is InChI=1S/C31H38N4O4/c1-3-4-5-6-7-14-39-26-11-9-23(10-12-26)24-17-33-29(34-18-24)27-13-8-22(15-21(27)2)16-28(32)30(36)35-19-25(20-35)31(37)38/h8-13,15,17-18,25,28H,3-7,14,16,19-20,32H2,1-2H3,(H,37,38). The molecule has 4 rings (SSSR count). The van der Waals surface area contributed by atoms with Crippen LogP contribution in [0.4, 0.5) is 0 Å². The molecule has 3 aromatic rings. The summed E-state index contributed by atoms with van der Waals surface area (Å²) in [5, 5.41) is 9.01. The number of carbonyl (C=O) groups is 2. The van der Waals surface area contributed by atoms with Crippen LogP contribution < -0.4 is 10.5 Å². The number of aromatic nitrogens is 2. The van der Waals surface area contributed by atoms with Crippen LogP contribution in [-0.4, -0.2) is 57.6 Å². The van der Waals surface area contributed by atoms with Gasteiger partial charge in [-0.15, -0.1) is 0 Å². The number of carboxylic acid groups (broad SMARTS) is 1. The summed E-state index contributed by atoms with van der Waals surface area (Å²) in [5.41, 5.74) is 10.9. The topological polar surface area (TPSA) is 119 Å². The number of amides is 1. The Kier molecular flexibility index (Phi) is 9.65. The molecule has 8 heteroatoms. The van der Waals surface area contributed by atoms with Gasteiger partial charge in [0.2, 0.25) is 5.91 Å². The number of ether oxygens (including phenoxy) is 1. The third-order valence-corrected chi connectivity index (χ3v) is 7.20. The van der Waals surface area contributed by atoms with Gasteiger partial charge in [0.05, 0.1) is 18.6 Å². The number of nitrogens with zero attached hydrogens (tertiary/aromatic N) is 3. The molecule has 1 amide bonds. The first-order valence-electron chi connectivity index (χ1n) is 13.8. The molecule has 1 unspecified atom stereocenters. The van der Waals surface area contributed by atoms with Crippen molar-refractivity contribution in [3.8, 4) is 28.3 Å². The zero-order valence-electron chi connectivity index (χ0n) is 22.8. The fourth-order valence-corrected chi connectivity index (χ4v) is 4.75. The zero-order valence-corrected chi connectivity index (χ0v) is 22.8. The number of aliphatic carboxylic acids is 1. The minimum Gasteiger partial charge on any atom is -0.494 e. The number of carbonyl (C=O) groups excluding carboxylic acids is 1. The van der Waals surface area contributed by atoms with Crippen molar-refractivity contribution >= 4 is 11.9 Å². The van der Waals surface area contributed by atoms with E-state index in [1.54, 1.807) is 0 Å². The van der Waals surface area contributed by atoms with Crippen molar-refractivity contribution in [1.29, 1.82) is 0 Å². The molecular formula is C31H38N4O4. The van der Waals surface area contributed by atoms with Crippen molar-refractivity contribution in [2.45, 2.75) is 58.4 Å². The highest BCUT2D eigenvalue weighted by atomic mass is 16.5. The molecule has 3 N–H and O–H groups in total. The van der Waals surface area contributed by atoms with Gasteiger partial charge >= 0.3 is 5.97 Å². The molecule has 0 radical (unpaired) electrons. The fraction of sp³-hybridized carbons (Fsp3) is 0.419. The lowest BCUT2D eigenvalue weighted by molar-refractivity contribution is -0.153. The van der Waals surface area contributed by atoms with Crippen molar-refractivity contribution < 1.29 is 19.4 Å². The van der Waals surface area contributed by atoms with Gasteiger partial charge in [-0.05, 0) is 48.6 Å². The van der Waals surface area contributed by atoms with Gasteiger partial charge in [0.25, 0.3) is 0 Å². The number of hydrogen-bond acceptors (Lipinski definition) is 6. The predicted molar refractivity (Wildman–Crippen MR) is 151 cm³/mol. The molecule has 1 saturated heterocycles. The van der Waals surface area contributed by atoms with Gasteiger partial charge in [-0.2, -0.15) is 0 Å². The van der Waals surface area contributed by atoms with Crippen LogP contribution in [0.2, 0.25) is 0 Å². The maximum Gasteiger partial charge on any atom is 0.310 e. The van der Waals surface area contributed by atoms with E-state index in [4.69, 9.17) is 15.6 Å². The fourth-order valence-electron chi connectivity index (χ4n) is 4.75. The molecule has 0 bridgehead atoms. The van der Waals surface area contributed by atoms with Gasteiger partial charge in [-0.25, -0.2) is 9.97 Å². The third-order valence-electron chi connectivity index (χ3n) is 7.20. The number of aryl methyl sites for hydroxylation is 1. The van der Waals surface area contributed by atoms with Crippen molar-refractivity contribution in [1.82, 2.24) is 14.9 Å². The molecule has 1 atom stereocenters. The first-order valence-corrected chi connectivity index (χ1v) is 13.8. The van der Waals surface area contributed by atoms with E-state index in [0.29, 0.717) is 12.2 Å². The van der Waals surface area contributed by atoms with E-state index in [-0.39, 0.29) is 19.0 Å². The summed E-state index contributed by atoms with van der Waals surface area (Å²) in [6.45, 7) is 5.40. The Morgan fingerprint density at radius 2 is 1.72 bits per heavy atom. The molecule has 2 aromatic carbocycles. The quantitative estimate of drug-likeness (QED) is 0.302. The highest BCUT2D eigenvalue weighted by molar-refractivity contribution is 5.85. The van der Waals surface area contributed by atoms with E-state index in [9.17, 15) is 9.59 Å². The van der Waals surface area contributed by atoms with Gasteiger partial charge in [0.1, 0.15) is 5.75 Å². The molecule has 0 saturated carbocycles. The molecule has 8 nitrogen and oxygen atoms in total. The average Bonchev–Trinajstić information content (AvgIpc) is 2.90. The lowest BCUT2D eigenvalue weighted by Gasteiger charge is -2.38. The lowest BCUT2D eigenvalue weighted by atomic mass is 9.96. The molecule has 39 heavy (non-hydrogen) atoms. The van der Waals surface area contributed by atoms with Crippen LogP contribution in [0.1, 0.15) is 50.2 Å². The van der Waals surface area contributed by atoms with Crippen LogP contribution in [0, 0.1) is 12.8 Å². The molecule has 1 aliphatic rings. The van der Waals surface area contributed by atoms with Gasteiger partial charge in [-0.3, -0.25) is 9.59 Å². The smallest absolute Gasteiger partial charge is 0.310 e. The Morgan fingerprint density at radius 1 is 1.03 bits per heavy atom. The van der Waals surface area contributed by atoms with Gasteiger partial charge in [-0.1, -0.05) is 62.9 Å². The van der Waals surface area contributed by atoms with E-state index >= 15 is 0 Å². The third kappa shape index (κ3) is 7.41. The molecular weight excluding hydrogens is 492 g/mol. The zero-order chi connectivity index (χ0) is 27.8. The number of benzene rings is 2. The van der Waals surface area contributed by atoms with Crippen molar-refractivity contribution in [3.05, 3.63) is 66.0 Å². The SMILES string of the molecule is CCCCCCCOc1ccc(-c2cnc(-c3ccc(CC(N)C(=O)N4CC(C(=O)O)C4)cc3C)nc2)cc1. The second-order valence-corrected chi connectivity index (χ2v) is 10.3.